The highest BCUT2D eigenvalue weighted by atomic mass is 16.2. The van der Waals surface area contributed by atoms with Crippen LogP contribution in [0.5, 0.6) is 0 Å². The number of likely N-dealkylation sites (tertiary alicyclic amines) is 1. The number of nitrogens with zero attached hydrogens (tertiary/aromatic N) is 3. The molecule has 2 amide bonds. The van der Waals surface area contributed by atoms with Crippen LogP contribution in [0.4, 0.5) is 0 Å². The first-order valence-electron chi connectivity index (χ1n) is 9.42. The molecule has 1 aliphatic carbocycles. The summed E-state index contributed by atoms with van der Waals surface area (Å²) in [6.07, 6.45) is 9.28. The van der Waals surface area contributed by atoms with E-state index in [0.717, 1.165) is 51.6 Å². The van der Waals surface area contributed by atoms with Gasteiger partial charge in [-0.15, -0.1) is 0 Å². The molecule has 6 heteroatoms. The number of hydrogen-bond donors (Lipinski definition) is 1. The number of carbonyl (C=O) groups excluding carboxylic acids is 2. The fourth-order valence-corrected chi connectivity index (χ4v) is 3.96. The number of rotatable bonds is 3. The summed E-state index contributed by atoms with van der Waals surface area (Å²) >= 11 is 0. The van der Waals surface area contributed by atoms with Gasteiger partial charge in [0.1, 0.15) is 0 Å². The van der Waals surface area contributed by atoms with Gasteiger partial charge in [-0.1, -0.05) is 13.8 Å². The molecule has 1 saturated heterocycles. The lowest BCUT2D eigenvalue weighted by molar-refractivity contribution is -0.138. The van der Waals surface area contributed by atoms with Crippen molar-refractivity contribution in [3.05, 3.63) is 18.0 Å². The van der Waals surface area contributed by atoms with E-state index >= 15 is 0 Å². The number of nitrogens with one attached hydrogen (secondary N) is 1. The number of hydrogen-bond acceptors (Lipinski definition) is 3. The van der Waals surface area contributed by atoms with Crippen LogP contribution in [0.2, 0.25) is 0 Å². The molecule has 2 aliphatic rings. The topological polar surface area (TPSA) is 67.2 Å². The van der Waals surface area contributed by atoms with Crippen LogP contribution in [0.1, 0.15) is 62.7 Å². The molecule has 25 heavy (non-hydrogen) atoms. The van der Waals surface area contributed by atoms with Crippen molar-refractivity contribution in [2.24, 2.45) is 18.4 Å². The molecule has 0 spiro atoms. The summed E-state index contributed by atoms with van der Waals surface area (Å²) in [5.41, 5.74) is 0.978. The van der Waals surface area contributed by atoms with Gasteiger partial charge in [-0.05, 0) is 43.9 Å². The molecule has 1 N–H and O–H groups in total. The van der Waals surface area contributed by atoms with E-state index in [1.54, 1.807) is 24.1 Å². The molecule has 0 atom stereocenters. The highest BCUT2D eigenvalue weighted by Gasteiger charge is 2.34. The van der Waals surface area contributed by atoms with Gasteiger partial charge < -0.3 is 10.2 Å². The quantitative estimate of drug-likeness (QED) is 0.913. The second-order valence-electron chi connectivity index (χ2n) is 8.41. The highest BCUT2D eigenvalue weighted by molar-refractivity contribution is 5.93. The molecular formula is C19H30N4O2. The summed E-state index contributed by atoms with van der Waals surface area (Å²) in [6, 6.07) is 0.141. The predicted molar refractivity (Wildman–Crippen MR) is 96.0 cm³/mol. The molecule has 3 rings (SSSR count). The monoisotopic (exact) mass is 346 g/mol. The summed E-state index contributed by atoms with van der Waals surface area (Å²) in [5, 5.41) is 7.10. The number of aromatic nitrogens is 2. The minimum absolute atomic E-state index is 0.0765. The third-order valence-corrected chi connectivity index (χ3v) is 5.80. The molecule has 138 valence electrons. The Labute approximate surface area is 149 Å². The zero-order valence-electron chi connectivity index (χ0n) is 15.6. The van der Waals surface area contributed by atoms with Gasteiger partial charge in [0.05, 0.1) is 11.8 Å². The fraction of sp³-hybridized carbons (Fsp3) is 0.737. The van der Waals surface area contributed by atoms with Crippen LogP contribution in [0.3, 0.4) is 0 Å². The van der Waals surface area contributed by atoms with Crippen LogP contribution < -0.4 is 5.32 Å². The lowest BCUT2D eigenvalue weighted by atomic mass is 9.72. The highest BCUT2D eigenvalue weighted by Crippen LogP contribution is 2.38. The Bertz CT molecular complexity index is 619. The van der Waals surface area contributed by atoms with E-state index in [0.29, 0.717) is 16.9 Å². The summed E-state index contributed by atoms with van der Waals surface area (Å²) in [6.45, 7) is 6.08. The minimum atomic E-state index is -0.0765. The average Bonchev–Trinajstić information content (AvgIpc) is 3.02. The molecule has 2 heterocycles. The normalized spacial score (nSPS) is 22.0. The van der Waals surface area contributed by atoms with E-state index in [4.69, 9.17) is 0 Å². The number of piperidine rings is 1. The van der Waals surface area contributed by atoms with Gasteiger partial charge in [-0.25, -0.2) is 0 Å². The predicted octanol–water partition coefficient (Wildman–Crippen LogP) is 2.36. The fourth-order valence-electron chi connectivity index (χ4n) is 3.96. The Kier molecular flexibility index (Phi) is 5.16. The van der Waals surface area contributed by atoms with Gasteiger partial charge in [0, 0.05) is 38.3 Å². The van der Waals surface area contributed by atoms with Gasteiger partial charge in [0.15, 0.2) is 0 Å². The van der Waals surface area contributed by atoms with E-state index in [1.807, 2.05) is 4.90 Å². The zero-order valence-corrected chi connectivity index (χ0v) is 15.6. The lowest BCUT2D eigenvalue weighted by Crippen LogP contribution is -2.48. The zero-order chi connectivity index (χ0) is 18.0. The van der Waals surface area contributed by atoms with Crippen LogP contribution in [-0.2, 0) is 11.8 Å². The number of amides is 2. The van der Waals surface area contributed by atoms with Gasteiger partial charge in [0.2, 0.25) is 5.91 Å². The van der Waals surface area contributed by atoms with Crippen molar-refractivity contribution in [2.45, 2.75) is 58.4 Å². The molecule has 0 radical (unpaired) electrons. The second kappa shape index (κ2) is 7.18. The van der Waals surface area contributed by atoms with Crippen LogP contribution in [0, 0.1) is 11.3 Å². The van der Waals surface area contributed by atoms with E-state index in [1.165, 1.54) is 0 Å². The van der Waals surface area contributed by atoms with Gasteiger partial charge in [-0.2, -0.15) is 5.10 Å². The molecule has 6 nitrogen and oxygen atoms in total. The summed E-state index contributed by atoms with van der Waals surface area (Å²) in [7, 11) is 1.80. The Hall–Kier alpha value is -1.85. The molecule has 1 aromatic heterocycles. The molecule has 1 saturated carbocycles. The molecule has 0 aromatic carbocycles. The third kappa shape index (κ3) is 4.41. The summed E-state index contributed by atoms with van der Waals surface area (Å²) in [5.74, 6) is 0.453. The van der Waals surface area contributed by atoms with Crippen molar-refractivity contribution in [1.29, 1.82) is 0 Å². The Morgan fingerprint density at radius 1 is 1.16 bits per heavy atom. The molecule has 1 aliphatic heterocycles. The second-order valence-corrected chi connectivity index (χ2v) is 8.41. The number of carbonyl (C=O) groups is 2. The standard InChI is InChI=1S/C19H30N4O2/c1-19(2)8-4-14(5-9-19)18(25)23-10-6-16(7-11-23)21-17(24)15-12-20-22(3)13-15/h12-14,16H,4-11H2,1-3H3,(H,21,24). The first-order chi connectivity index (χ1) is 11.8. The van der Waals surface area contributed by atoms with Crippen LogP contribution >= 0.6 is 0 Å². The Morgan fingerprint density at radius 3 is 2.36 bits per heavy atom. The van der Waals surface area contributed by atoms with Crippen LogP contribution in [0.25, 0.3) is 0 Å². The van der Waals surface area contributed by atoms with E-state index < -0.39 is 0 Å². The smallest absolute Gasteiger partial charge is 0.254 e. The van der Waals surface area contributed by atoms with E-state index in [9.17, 15) is 9.59 Å². The van der Waals surface area contributed by atoms with Crippen molar-refractivity contribution < 1.29 is 9.59 Å². The largest absolute Gasteiger partial charge is 0.349 e. The van der Waals surface area contributed by atoms with E-state index in [-0.39, 0.29) is 17.9 Å². The Morgan fingerprint density at radius 2 is 1.80 bits per heavy atom. The van der Waals surface area contributed by atoms with Gasteiger partial charge in [0.25, 0.3) is 5.91 Å². The van der Waals surface area contributed by atoms with E-state index in [2.05, 4.69) is 24.3 Å². The van der Waals surface area contributed by atoms with Crippen molar-refractivity contribution >= 4 is 11.8 Å². The maximum atomic E-state index is 12.7. The number of aryl methyl sites for hydroxylation is 1. The molecule has 0 bridgehead atoms. The van der Waals surface area contributed by atoms with Gasteiger partial charge >= 0.3 is 0 Å². The summed E-state index contributed by atoms with van der Waals surface area (Å²) in [4.78, 5) is 27.0. The van der Waals surface area contributed by atoms with Crippen molar-refractivity contribution in [1.82, 2.24) is 20.0 Å². The SMILES string of the molecule is Cn1cc(C(=O)NC2CCN(C(=O)C3CCC(C)(C)CC3)CC2)cn1. The van der Waals surface area contributed by atoms with Gasteiger partial charge in [-0.3, -0.25) is 14.3 Å². The van der Waals surface area contributed by atoms with Crippen molar-refractivity contribution in [2.75, 3.05) is 13.1 Å². The molecule has 0 unspecified atom stereocenters. The molecule has 1 aromatic rings. The van der Waals surface area contributed by atoms with Crippen LogP contribution in [0.15, 0.2) is 12.4 Å². The maximum absolute atomic E-state index is 12.7. The Balaban J connectivity index is 1.45. The molecular weight excluding hydrogens is 316 g/mol. The maximum Gasteiger partial charge on any atom is 0.254 e. The summed E-state index contributed by atoms with van der Waals surface area (Å²) < 4.78 is 1.63. The first-order valence-corrected chi connectivity index (χ1v) is 9.42. The van der Waals surface area contributed by atoms with Crippen molar-refractivity contribution in [3.8, 4) is 0 Å². The average molecular weight is 346 g/mol. The van der Waals surface area contributed by atoms with Crippen LogP contribution in [-0.4, -0.2) is 45.6 Å². The lowest BCUT2D eigenvalue weighted by Gasteiger charge is -2.38. The van der Waals surface area contributed by atoms with Crippen molar-refractivity contribution in [3.63, 3.8) is 0 Å². The minimum Gasteiger partial charge on any atom is -0.349 e. The molecule has 2 fully saturated rings. The third-order valence-electron chi connectivity index (χ3n) is 5.80. The first kappa shape index (κ1) is 18.0.